The van der Waals surface area contributed by atoms with E-state index >= 15 is 0 Å². The van der Waals surface area contributed by atoms with Gasteiger partial charge in [0.15, 0.2) is 6.10 Å². The number of esters is 2. The maximum absolute atomic E-state index is 12.4. The molecule has 11 heteroatoms. The Balaban J connectivity index is 4.46. The Labute approximate surface area is 248 Å². The number of aliphatic hydroxyl groups is 2. The van der Waals surface area contributed by atoms with Gasteiger partial charge < -0.3 is 24.6 Å². The zero-order chi connectivity index (χ0) is 30.6. The van der Waals surface area contributed by atoms with E-state index in [1.807, 2.05) is 0 Å². The number of hydrogen-bond acceptors (Lipinski definition) is 9. The normalized spacial score (nSPS) is 14.4. The first-order valence-corrected chi connectivity index (χ1v) is 17.5. The molecule has 0 rings (SSSR count). The van der Waals surface area contributed by atoms with Crippen molar-refractivity contribution in [3.63, 3.8) is 0 Å². The Kier molecular flexibility index (Phi) is 27.1. The molecule has 3 N–H and O–H groups in total. The van der Waals surface area contributed by atoms with Crippen molar-refractivity contribution in [3.05, 3.63) is 0 Å². The number of ether oxygens (including phenoxy) is 2. The highest BCUT2D eigenvalue weighted by Crippen LogP contribution is 2.43. The van der Waals surface area contributed by atoms with E-state index in [9.17, 15) is 24.2 Å². The van der Waals surface area contributed by atoms with Crippen molar-refractivity contribution in [1.82, 2.24) is 0 Å². The van der Waals surface area contributed by atoms with Crippen LogP contribution < -0.4 is 0 Å². The number of aliphatic hydroxyl groups excluding tert-OH is 2. The predicted octanol–water partition coefficient (Wildman–Crippen LogP) is 6.77. The summed E-state index contributed by atoms with van der Waals surface area (Å²) in [5.74, 6) is -0.927. The highest BCUT2D eigenvalue weighted by atomic mass is 31.2. The van der Waals surface area contributed by atoms with Crippen LogP contribution in [0, 0.1) is 0 Å². The molecule has 41 heavy (non-hydrogen) atoms. The monoisotopic (exact) mass is 610 g/mol. The van der Waals surface area contributed by atoms with Crippen molar-refractivity contribution in [2.45, 2.75) is 154 Å². The quantitative estimate of drug-likeness (QED) is 0.0452. The van der Waals surface area contributed by atoms with Gasteiger partial charge in [-0.05, 0) is 12.8 Å². The molecule has 3 atom stereocenters. The zero-order valence-electron chi connectivity index (χ0n) is 25.8. The summed E-state index contributed by atoms with van der Waals surface area (Å²) < 4.78 is 32.3. The number of phosphoric ester groups is 1. The van der Waals surface area contributed by atoms with E-state index in [1.165, 1.54) is 64.2 Å². The first kappa shape index (κ1) is 40.0. The SMILES string of the molecule is CCCCCCCCCCCC(=O)OC[C@@H](COP(=O)(O)OC[C@H](O)CO)OC(=O)CCCCCCCCCCC. The summed E-state index contributed by atoms with van der Waals surface area (Å²) in [6, 6.07) is 0. The number of hydrogen-bond donors (Lipinski definition) is 3. The molecule has 0 aliphatic heterocycles. The van der Waals surface area contributed by atoms with Gasteiger partial charge in [-0.1, -0.05) is 117 Å². The molecule has 0 saturated heterocycles. The van der Waals surface area contributed by atoms with Crippen LogP contribution in [0.4, 0.5) is 0 Å². The molecule has 0 saturated carbocycles. The van der Waals surface area contributed by atoms with Crippen molar-refractivity contribution >= 4 is 19.8 Å². The Morgan fingerprint density at radius 3 is 1.51 bits per heavy atom. The van der Waals surface area contributed by atoms with Crippen molar-refractivity contribution in [2.75, 3.05) is 26.4 Å². The van der Waals surface area contributed by atoms with Crippen molar-refractivity contribution in [1.29, 1.82) is 0 Å². The van der Waals surface area contributed by atoms with Crippen LogP contribution in [0.2, 0.25) is 0 Å². The van der Waals surface area contributed by atoms with Gasteiger partial charge in [-0.2, -0.15) is 0 Å². The van der Waals surface area contributed by atoms with Crippen LogP contribution in [0.5, 0.6) is 0 Å². The molecule has 0 amide bonds. The number of phosphoric acid groups is 1. The minimum atomic E-state index is -4.59. The van der Waals surface area contributed by atoms with Gasteiger partial charge in [-0.3, -0.25) is 18.6 Å². The summed E-state index contributed by atoms with van der Waals surface area (Å²) in [4.78, 5) is 34.4. The van der Waals surface area contributed by atoms with Gasteiger partial charge in [0.25, 0.3) is 0 Å². The number of carbonyl (C=O) groups excluding carboxylic acids is 2. The third kappa shape index (κ3) is 27.5. The molecule has 1 unspecified atom stereocenters. The number of unbranched alkanes of at least 4 members (excludes halogenated alkanes) is 16. The number of carbonyl (C=O) groups is 2. The van der Waals surface area contributed by atoms with Gasteiger partial charge in [0.1, 0.15) is 12.7 Å². The van der Waals surface area contributed by atoms with E-state index in [0.29, 0.717) is 12.8 Å². The van der Waals surface area contributed by atoms with Crippen molar-refractivity contribution < 1.29 is 47.8 Å². The number of rotatable bonds is 30. The highest BCUT2D eigenvalue weighted by Gasteiger charge is 2.27. The second-order valence-electron chi connectivity index (χ2n) is 10.8. The maximum Gasteiger partial charge on any atom is 0.472 e. The molecular weight excluding hydrogens is 551 g/mol. The molecule has 0 aliphatic rings. The fourth-order valence-electron chi connectivity index (χ4n) is 4.23. The largest absolute Gasteiger partial charge is 0.472 e. The second-order valence-corrected chi connectivity index (χ2v) is 12.3. The van der Waals surface area contributed by atoms with E-state index in [1.54, 1.807) is 0 Å². The topological polar surface area (TPSA) is 149 Å². The summed E-state index contributed by atoms with van der Waals surface area (Å²) in [6.07, 6.45) is 18.1. The van der Waals surface area contributed by atoms with Crippen LogP contribution in [-0.2, 0) is 32.7 Å². The molecule has 0 aliphatic carbocycles. The lowest BCUT2D eigenvalue weighted by Gasteiger charge is -2.20. The molecule has 0 bridgehead atoms. The molecule has 0 radical (unpaired) electrons. The molecule has 244 valence electrons. The fourth-order valence-corrected chi connectivity index (χ4v) is 5.02. The smallest absolute Gasteiger partial charge is 0.462 e. The van der Waals surface area contributed by atoms with Crippen LogP contribution in [0.15, 0.2) is 0 Å². The molecule has 0 heterocycles. The maximum atomic E-state index is 12.4. The average molecular weight is 611 g/mol. The fraction of sp³-hybridized carbons (Fsp3) is 0.933. The summed E-state index contributed by atoms with van der Waals surface area (Å²) >= 11 is 0. The van der Waals surface area contributed by atoms with Gasteiger partial charge in [0.2, 0.25) is 0 Å². The standard InChI is InChI=1S/C30H59O10P/c1-3-5-7-9-11-13-15-17-19-21-29(33)37-25-28(26-39-41(35,36)38-24-27(32)23-31)40-30(34)22-20-18-16-14-12-10-8-6-4-2/h27-28,31-32H,3-26H2,1-2H3,(H,35,36)/t27-,28+/m1/s1. The summed E-state index contributed by atoms with van der Waals surface area (Å²) in [5, 5.41) is 18.1. The molecule has 0 fully saturated rings. The highest BCUT2D eigenvalue weighted by molar-refractivity contribution is 7.47. The molecular formula is C30H59O10P. The van der Waals surface area contributed by atoms with Gasteiger partial charge in [0.05, 0.1) is 19.8 Å². The minimum Gasteiger partial charge on any atom is -0.462 e. The third-order valence-corrected chi connectivity index (χ3v) is 7.71. The first-order chi connectivity index (χ1) is 19.7. The minimum absolute atomic E-state index is 0.189. The Bertz CT molecular complexity index is 676. The van der Waals surface area contributed by atoms with Gasteiger partial charge in [-0.15, -0.1) is 0 Å². The van der Waals surface area contributed by atoms with Crippen LogP contribution in [0.25, 0.3) is 0 Å². The average Bonchev–Trinajstić information content (AvgIpc) is 2.95. The van der Waals surface area contributed by atoms with Crippen molar-refractivity contribution in [2.24, 2.45) is 0 Å². The summed E-state index contributed by atoms with van der Waals surface area (Å²) in [5.41, 5.74) is 0. The molecule has 0 aromatic heterocycles. The van der Waals surface area contributed by atoms with Gasteiger partial charge in [0, 0.05) is 12.8 Å². The van der Waals surface area contributed by atoms with Crippen LogP contribution in [0.1, 0.15) is 142 Å². The van der Waals surface area contributed by atoms with E-state index in [-0.39, 0.29) is 19.4 Å². The molecule has 0 aromatic carbocycles. The summed E-state index contributed by atoms with van der Waals surface area (Å²) in [7, 11) is -4.59. The van der Waals surface area contributed by atoms with Gasteiger partial charge >= 0.3 is 19.8 Å². The van der Waals surface area contributed by atoms with Crippen LogP contribution in [0.3, 0.4) is 0 Å². The Morgan fingerprint density at radius 1 is 0.634 bits per heavy atom. The second kappa shape index (κ2) is 27.8. The van der Waals surface area contributed by atoms with Crippen molar-refractivity contribution in [3.8, 4) is 0 Å². The molecule has 0 spiro atoms. The lowest BCUT2D eigenvalue weighted by Crippen LogP contribution is -2.29. The van der Waals surface area contributed by atoms with E-state index in [4.69, 9.17) is 19.1 Å². The lowest BCUT2D eigenvalue weighted by atomic mass is 10.1. The molecule has 0 aromatic rings. The van der Waals surface area contributed by atoms with Crippen LogP contribution in [-0.4, -0.2) is 65.7 Å². The van der Waals surface area contributed by atoms with Crippen LogP contribution >= 0.6 is 7.82 Å². The third-order valence-electron chi connectivity index (χ3n) is 6.76. The zero-order valence-corrected chi connectivity index (χ0v) is 26.7. The Morgan fingerprint density at radius 2 is 1.05 bits per heavy atom. The van der Waals surface area contributed by atoms with E-state index in [0.717, 1.165) is 38.5 Å². The van der Waals surface area contributed by atoms with Gasteiger partial charge in [-0.25, -0.2) is 4.57 Å². The summed E-state index contributed by atoms with van der Waals surface area (Å²) in [6.45, 7) is 2.30. The molecule has 10 nitrogen and oxygen atoms in total. The first-order valence-electron chi connectivity index (χ1n) is 16.0. The Hall–Kier alpha value is -1.03. The predicted molar refractivity (Wildman–Crippen MR) is 159 cm³/mol. The lowest BCUT2D eigenvalue weighted by molar-refractivity contribution is -0.161. The van der Waals surface area contributed by atoms with E-state index < -0.39 is 51.8 Å². The van der Waals surface area contributed by atoms with E-state index in [2.05, 4.69) is 18.4 Å².